The van der Waals surface area contributed by atoms with Crippen molar-refractivity contribution in [2.24, 2.45) is 7.05 Å². The zero-order chi connectivity index (χ0) is 16.8. The number of quaternary nitrogens is 1. The molecule has 0 saturated carbocycles. The highest BCUT2D eigenvalue weighted by molar-refractivity contribution is 7.99. The van der Waals surface area contributed by atoms with E-state index in [-0.39, 0.29) is 5.91 Å². The Morgan fingerprint density at radius 2 is 2.08 bits per heavy atom. The van der Waals surface area contributed by atoms with Gasteiger partial charge in [-0.2, -0.15) is 0 Å². The lowest BCUT2D eigenvalue weighted by atomic mass is 10.2. The molecule has 0 unspecified atom stereocenters. The third-order valence-corrected chi connectivity index (χ3v) is 5.06. The van der Waals surface area contributed by atoms with Gasteiger partial charge in [-0.25, -0.2) is 4.98 Å². The number of anilines is 1. The van der Waals surface area contributed by atoms with Crippen molar-refractivity contribution in [3.05, 3.63) is 42.2 Å². The number of benzene rings is 1. The minimum Gasteiger partial charge on any atom is -0.370 e. The first-order chi connectivity index (χ1) is 11.7. The molecule has 0 atom stereocenters. The molecule has 6 nitrogen and oxygen atoms in total. The highest BCUT2D eigenvalue weighted by atomic mass is 32.2. The van der Waals surface area contributed by atoms with E-state index < -0.39 is 0 Å². The Hall–Kier alpha value is -1.83. The zero-order valence-corrected chi connectivity index (χ0v) is 14.6. The first-order valence-corrected chi connectivity index (χ1v) is 9.09. The van der Waals surface area contributed by atoms with E-state index >= 15 is 0 Å². The average Bonchev–Trinajstić information content (AvgIpc) is 3.01. The lowest BCUT2D eigenvalue weighted by molar-refractivity contribution is -0.921. The number of morpholine rings is 1. The van der Waals surface area contributed by atoms with Crippen LogP contribution in [0, 0.1) is 0 Å². The van der Waals surface area contributed by atoms with Gasteiger partial charge in [-0.15, -0.1) is 0 Å². The van der Waals surface area contributed by atoms with Crippen LogP contribution in [0.2, 0.25) is 0 Å². The van der Waals surface area contributed by atoms with Crippen LogP contribution in [0.5, 0.6) is 0 Å². The van der Waals surface area contributed by atoms with Crippen molar-refractivity contribution in [2.45, 2.75) is 11.7 Å². The fraction of sp³-hybridized carbons (Fsp3) is 0.412. The molecule has 24 heavy (non-hydrogen) atoms. The van der Waals surface area contributed by atoms with Gasteiger partial charge in [0.05, 0.1) is 19.0 Å². The summed E-state index contributed by atoms with van der Waals surface area (Å²) in [5.74, 6) is 0.333. The Kier molecular flexibility index (Phi) is 5.90. The Bertz CT molecular complexity index is 665. The Morgan fingerprint density at radius 3 is 2.75 bits per heavy atom. The quantitative estimate of drug-likeness (QED) is 0.750. The van der Waals surface area contributed by atoms with Crippen molar-refractivity contribution in [3.8, 4) is 0 Å². The molecule has 1 amide bonds. The maximum Gasteiger partial charge on any atom is 0.234 e. The number of imidazole rings is 1. The molecule has 1 fully saturated rings. The monoisotopic (exact) mass is 347 g/mol. The molecular formula is C17H23N4O2S+. The van der Waals surface area contributed by atoms with E-state index in [0.717, 1.165) is 43.7 Å². The molecule has 0 aliphatic carbocycles. The van der Waals surface area contributed by atoms with Crippen molar-refractivity contribution in [1.82, 2.24) is 9.55 Å². The topological polar surface area (TPSA) is 60.6 Å². The summed E-state index contributed by atoms with van der Waals surface area (Å²) in [6.45, 7) is 4.81. The summed E-state index contributed by atoms with van der Waals surface area (Å²) in [7, 11) is 1.92. The largest absolute Gasteiger partial charge is 0.370 e. The molecular weight excluding hydrogens is 324 g/mol. The smallest absolute Gasteiger partial charge is 0.234 e. The standard InChI is InChI=1S/C17H22N4O2S/c1-20-7-6-18-17(20)24-13-16(22)19-15-4-2-14(3-5-15)12-21-8-10-23-11-9-21/h2-7H,8-13H2,1H3,(H,19,22)/p+1. The minimum absolute atomic E-state index is 0.0189. The SMILES string of the molecule is Cn1ccnc1SCC(=O)Nc1ccc(C[NH+]2CCOCC2)cc1. The number of rotatable bonds is 6. The number of hydrogen-bond acceptors (Lipinski definition) is 4. The molecule has 2 aromatic rings. The van der Waals surface area contributed by atoms with E-state index in [2.05, 4.69) is 22.4 Å². The van der Waals surface area contributed by atoms with Gasteiger partial charge in [-0.05, 0) is 12.1 Å². The maximum absolute atomic E-state index is 12.0. The number of carbonyl (C=O) groups is 1. The molecule has 0 radical (unpaired) electrons. The summed E-state index contributed by atoms with van der Waals surface area (Å²) >= 11 is 1.43. The van der Waals surface area contributed by atoms with Crippen LogP contribution in [0.1, 0.15) is 5.56 Å². The fourth-order valence-electron chi connectivity index (χ4n) is 2.65. The van der Waals surface area contributed by atoms with Gasteiger partial charge < -0.3 is 19.5 Å². The second-order valence-electron chi connectivity index (χ2n) is 5.89. The van der Waals surface area contributed by atoms with Gasteiger partial charge >= 0.3 is 0 Å². The molecule has 3 rings (SSSR count). The number of aryl methyl sites for hydroxylation is 1. The van der Waals surface area contributed by atoms with Gasteiger partial charge in [0.2, 0.25) is 5.91 Å². The molecule has 1 aromatic carbocycles. The van der Waals surface area contributed by atoms with Gasteiger partial charge in [0.15, 0.2) is 5.16 Å². The summed E-state index contributed by atoms with van der Waals surface area (Å²) in [5.41, 5.74) is 2.12. The van der Waals surface area contributed by atoms with E-state index in [1.54, 1.807) is 11.1 Å². The van der Waals surface area contributed by atoms with E-state index in [1.165, 1.54) is 17.3 Å². The van der Waals surface area contributed by atoms with Crippen molar-refractivity contribution in [3.63, 3.8) is 0 Å². The highest BCUT2D eigenvalue weighted by Crippen LogP contribution is 2.15. The van der Waals surface area contributed by atoms with Crippen LogP contribution in [0.15, 0.2) is 41.8 Å². The lowest BCUT2D eigenvalue weighted by Crippen LogP contribution is -3.12. The molecule has 7 heteroatoms. The van der Waals surface area contributed by atoms with Gasteiger partial charge in [0.1, 0.15) is 19.6 Å². The van der Waals surface area contributed by atoms with Crippen LogP contribution >= 0.6 is 11.8 Å². The van der Waals surface area contributed by atoms with E-state index in [9.17, 15) is 4.79 Å². The average molecular weight is 347 g/mol. The van der Waals surface area contributed by atoms with Gasteiger partial charge in [0.25, 0.3) is 0 Å². The number of carbonyl (C=O) groups excluding carboxylic acids is 1. The van der Waals surface area contributed by atoms with Crippen LogP contribution in [0.3, 0.4) is 0 Å². The molecule has 1 saturated heterocycles. The van der Waals surface area contributed by atoms with Gasteiger partial charge in [0, 0.05) is 30.7 Å². The Labute approximate surface area is 146 Å². The Morgan fingerprint density at radius 1 is 1.33 bits per heavy atom. The number of ether oxygens (including phenoxy) is 1. The third-order valence-electron chi connectivity index (χ3n) is 4.00. The van der Waals surface area contributed by atoms with E-state index in [4.69, 9.17) is 4.74 Å². The minimum atomic E-state index is -0.0189. The number of hydrogen-bond donors (Lipinski definition) is 2. The zero-order valence-electron chi connectivity index (χ0n) is 13.8. The highest BCUT2D eigenvalue weighted by Gasteiger charge is 2.14. The summed E-state index contributed by atoms with van der Waals surface area (Å²) in [6, 6.07) is 8.12. The number of nitrogens with one attached hydrogen (secondary N) is 2. The summed E-state index contributed by atoms with van der Waals surface area (Å²) in [6.07, 6.45) is 3.60. The molecule has 1 aliphatic heterocycles. The number of nitrogens with zero attached hydrogens (tertiary/aromatic N) is 2. The predicted octanol–water partition coefficient (Wildman–Crippen LogP) is 0.566. The van der Waals surface area contributed by atoms with Crippen LogP contribution < -0.4 is 10.2 Å². The van der Waals surface area contributed by atoms with Crippen molar-refractivity contribution in [1.29, 1.82) is 0 Å². The van der Waals surface area contributed by atoms with Crippen LogP contribution in [-0.4, -0.2) is 47.5 Å². The number of aromatic nitrogens is 2. The van der Waals surface area contributed by atoms with Crippen LogP contribution in [-0.2, 0) is 23.1 Å². The summed E-state index contributed by atoms with van der Waals surface area (Å²) in [4.78, 5) is 17.8. The van der Waals surface area contributed by atoms with Gasteiger partial charge in [-0.1, -0.05) is 23.9 Å². The molecule has 0 bridgehead atoms. The van der Waals surface area contributed by atoms with E-state index in [1.807, 2.05) is 29.9 Å². The summed E-state index contributed by atoms with van der Waals surface area (Å²) < 4.78 is 7.28. The van der Waals surface area contributed by atoms with Crippen molar-refractivity contribution >= 4 is 23.4 Å². The summed E-state index contributed by atoms with van der Waals surface area (Å²) in [5, 5.41) is 3.77. The lowest BCUT2D eigenvalue weighted by Gasteiger charge is -2.23. The molecule has 2 N–H and O–H groups in total. The van der Waals surface area contributed by atoms with Crippen molar-refractivity contribution in [2.75, 3.05) is 37.4 Å². The molecule has 2 heterocycles. The molecule has 1 aromatic heterocycles. The number of amides is 1. The predicted molar refractivity (Wildman–Crippen MR) is 94.2 cm³/mol. The molecule has 1 aliphatic rings. The first kappa shape index (κ1) is 17.0. The second-order valence-corrected chi connectivity index (χ2v) is 6.84. The first-order valence-electron chi connectivity index (χ1n) is 8.11. The second kappa shape index (κ2) is 8.32. The third kappa shape index (κ3) is 4.83. The van der Waals surface area contributed by atoms with Crippen LogP contribution in [0.25, 0.3) is 0 Å². The normalized spacial score (nSPS) is 15.4. The van der Waals surface area contributed by atoms with Crippen LogP contribution in [0.4, 0.5) is 5.69 Å². The van der Waals surface area contributed by atoms with E-state index in [0.29, 0.717) is 5.75 Å². The maximum atomic E-state index is 12.0. The fourth-order valence-corrected chi connectivity index (χ4v) is 3.38. The molecule has 128 valence electrons. The van der Waals surface area contributed by atoms with Crippen molar-refractivity contribution < 1.29 is 14.4 Å². The van der Waals surface area contributed by atoms with Gasteiger partial charge in [-0.3, -0.25) is 4.79 Å². The Balaban J connectivity index is 1.46. The molecule has 0 spiro atoms. The number of thioether (sulfide) groups is 1.